The van der Waals surface area contributed by atoms with Gasteiger partial charge in [0.2, 0.25) is 0 Å². The number of allylic oxidation sites excluding steroid dienone is 30. The van der Waals surface area contributed by atoms with Crippen LogP contribution in [0.4, 0.5) is 0 Å². The smallest absolute Gasteiger partial charge is 0.463 e. The lowest BCUT2D eigenvalue weighted by atomic mass is 10.0. The van der Waals surface area contributed by atoms with E-state index in [-0.39, 0.29) is 19.3 Å². The number of carbonyl (C=O) groups is 3. The van der Waals surface area contributed by atoms with Gasteiger partial charge in [-0.05, 0) is 161 Å². The second-order valence-electron chi connectivity index (χ2n) is 33.2. The minimum absolute atomic E-state index is 0.0969. The molecule has 0 saturated heterocycles. The molecule has 0 aromatic heterocycles. The van der Waals surface area contributed by atoms with E-state index in [9.17, 15) is 43.5 Å². The Morgan fingerprint density at radius 3 is 0.672 bits per heavy atom. The van der Waals surface area contributed by atoms with Crippen molar-refractivity contribution in [3.63, 3.8) is 0 Å². The molecule has 0 bridgehead atoms. The van der Waals surface area contributed by atoms with Gasteiger partial charge in [-0.3, -0.25) is 32.5 Å². The quantitative estimate of drug-likeness (QED) is 0.0146. The van der Waals surface area contributed by atoms with Gasteiger partial charge in [0, 0.05) is 19.3 Å². The molecule has 0 saturated carbocycles. The summed E-state index contributed by atoms with van der Waals surface area (Å²) in [6.45, 7) is 2.48. The molecule has 18 heteroatoms. The average Bonchev–Trinajstić information content (AvgIpc) is 0.897. The van der Waals surface area contributed by atoms with Crippen molar-refractivity contribution in [2.45, 2.75) is 437 Å². The molecule has 16 nitrogen and oxygen atoms in total. The first-order chi connectivity index (χ1) is 61.2. The van der Waals surface area contributed by atoms with E-state index in [2.05, 4.69) is 203 Å². The number of hydrogen-bond donors (Lipinski definition) is 4. The molecule has 0 heterocycles. The topological polar surface area (TPSA) is 231 Å². The van der Waals surface area contributed by atoms with Crippen molar-refractivity contribution in [1.29, 1.82) is 0 Å². The fourth-order valence-corrected chi connectivity index (χ4v) is 15.2. The van der Waals surface area contributed by atoms with Crippen molar-refractivity contribution in [2.75, 3.05) is 39.6 Å². The van der Waals surface area contributed by atoms with Gasteiger partial charge in [0.05, 0.1) is 26.4 Å². The van der Waals surface area contributed by atoms with Gasteiger partial charge in [-0.1, -0.05) is 421 Å². The second kappa shape index (κ2) is 97.7. The molecule has 0 aliphatic heterocycles. The highest BCUT2D eigenvalue weighted by molar-refractivity contribution is 7.47. The predicted molar refractivity (Wildman–Crippen MR) is 528 cm³/mol. The Morgan fingerprint density at radius 2 is 0.424 bits per heavy atom. The molecular weight excluding hydrogens is 1600 g/mol. The van der Waals surface area contributed by atoms with Gasteiger partial charge in [0.25, 0.3) is 0 Å². The maximum Gasteiger partial charge on any atom is 0.472 e. The maximum absolute atomic E-state index is 13.1. The third kappa shape index (κ3) is 99.1. The van der Waals surface area contributed by atoms with E-state index in [1.165, 1.54) is 186 Å². The molecule has 0 aromatic carbocycles. The largest absolute Gasteiger partial charge is 0.472 e. The number of rotatable bonds is 94. The van der Waals surface area contributed by atoms with Crippen molar-refractivity contribution >= 4 is 33.6 Å². The number of aliphatic hydroxyl groups is 2. The number of unbranched alkanes of at least 4 members (excludes halogenated alkanes) is 41. The molecule has 0 fully saturated rings. The highest BCUT2D eigenvalue weighted by Gasteiger charge is 2.30. The SMILES string of the molecule is CC/C=C\C/C=C\C/C=C\C/C=C\C/C=C\C/C=C\CCCCCCCCCCCCC(=O)OCC(COP(=O)(O)OCC(O)COP(=O)(O)OCC(O)COC(=O)CCCCCCCCCCCCCCCCC/C=C\C/C=C\C/C=C\C/C=C\CCCCC)OC(=O)CCCCCCCCCCCCCCC/C=C\C/C=C\C/C=C\C/C=C\C/C=C\CC. The second-order valence-corrected chi connectivity index (χ2v) is 36.1. The lowest BCUT2D eigenvalue weighted by Gasteiger charge is -2.21. The Balaban J connectivity index is 4.65. The molecule has 125 heavy (non-hydrogen) atoms. The highest BCUT2D eigenvalue weighted by atomic mass is 31.2. The van der Waals surface area contributed by atoms with Crippen molar-refractivity contribution in [3.8, 4) is 0 Å². The summed E-state index contributed by atoms with van der Waals surface area (Å²) >= 11 is 0. The van der Waals surface area contributed by atoms with Crippen LogP contribution in [0.25, 0.3) is 0 Å². The molecule has 0 spiro atoms. The summed E-state index contributed by atoms with van der Waals surface area (Å²) in [4.78, 5) is 59.2. The molecule has 0 amide bonds. The number of esters is 3. The lowest BCUT2D eigenvalue weighted by molar-refractivity contribution is -0.161. The minimum atomic E-state index is -4.95. The molecule has 0 radical (unpaired) electrons. The predicted octanol–water partition coefficient (Wildman–Crippen LogP) is 31.6. The first-order valence-corrected chi connectivity index (χ1v) is 53.1. The molecule has 0 aromatic rings. The number of ether oxygens (including phenoxy) is 3. The fraction of sp³-hybridized carbons (Fsp3) is 0.692. The number of carbonyl (C=O) groups excluding carboxylic acids is 3. The van der Waals surface area contributed by atoms with Gasteiger partial charge < -0.3 is 34.2 Å². The molecule has 5 unspecified atom stereocenters. The van der Waals surface area contributed by atoms with Crippen LogP contribution < -0.4 is 0 Å². The number of aliphatic hydroxyl groups excluding tert-OH is 2. The van der Waals surface area contributed by atoms with E-state index in [0.717, 1.165) is 173 Å². The molecule has 5 atom stereocenters. The third-order valence-corrected chi connectivity index (χ3v) is 23.0. The Labute approximate surface area is 764 Å². The monoisotopic (exact) mass is 1790 g/mol. The van der Waals surface area contributed by atoms with E-state index in [4.69, 9.17) is 32.3 Å². The Morgan fingerprint density at radius 1 is 0.232 bits per heavy atom. The zero-order chi connectivity index (χ0) is 90.7. The van der Waals surface area contributed by atoms with Crippen LogP contribution in [0, 0.1) is 0 Å². The number of phosphoric acid groups is 2. The van der Waals surface area contributed by atoms with Crippen LogP contribution in [-0.4, -0.2) is 95.9 Å². The standard InChI is InChI=1S/C107H182O16P2/c1-4-7-10-13-16-19-22-25-28-31-34-37-40-43-46-49-50-53-55-57-60-63-66-69-72-75-78-81-84-87-90-93-105(110)117-96-102(108)97-119-124(113,114)120-98-103(109)99-121-125(115,116)122-101-104(123-107(112)95-92-89-86-83-80-77-74-71-68-65-62-59-56-52-48-45-42-39-36-33-30-27-24-21-18-15-12-9-6-3)100-118-106(111)94-91-88-85-82-79-76-73-70-67-64-61-58-54-51-47-44-41-38-35-32-29-26-23-20-17-14-11-8-5-2/h8-9,11-12,16-21,25-30,34-39,43-48,54,58,102-104,108-109H,4-7,10,13-15,22-24,31-33,40-42,49-53,55-57,59-101H2,1-3H3,(H,113,114)(H,115,116)/b11-8-,12-9-,19-16-,20-17-,21-18-,28-25-,29-26-,30-27-,37-34-,38-35-,39-36-,46-43-,47-44-,48-45-,58-54-. The van der Waals surface area contributed by atoms with Gasteiger partial charge in [-0.2, -0.15) is 0 Å². The number of phosphoric ester groups is 2. The van der Waals surface area contributed by atoms with Crippen molar-refractivity contribution < 1.29 is 75.8 Å². The Kier molecular flexibility index (Phi) is 93.5. The van der Waals surface area contributed by atoms with Crippen molar-refractivity contribution in [1.82, 2.24) is 0 Å². The van der Waals surface area contributed by atoms with Crippen LogP contribution in [-0.2, 0) is 55.8 Å². The first kappa shape index (κ1) is 120. The van der Waals surface area contributed by atoms with Gasteiger partial charge in [0.1, 0.15) is 25.4 Å². The van der Waals surface area contributed by atoms with E-state index < -0.39 is 91.5 Å². The van der Waals surface area contributed by atoms with Crippen LogP contribution in [0.15, 0.2) is 182 Å². The van der Waals surface area contributed by atoms with Gasteiger partial charge >= 0.3 is 33.6 Å². The minimum Gasteiger partial charge on any atom is -0.463 e. The van der Waals surface area contributed by atoms with Crippen LogP contribution >= 0.6 is 15.6 Å². The van der Waals surface area contributed by atoms with E-state index in [0.29, 0.717) is 19.3 Å². The zero-order valence-corrected chi connectivity index (χ0v) is 81.0. The summed E-state index contributed by atoms with van der Waals surface area (Å²) in [7, 11) is -9.82. The summed E-state index contributed by atoms with van der Waals surface area (Å²) in [5.41, 5.74) is 0. The first-order valence-electron chi connectivity index (χ1n) is 50.1. The summed E-state index contributed by atoms with van der Waals surface area (Å²) < 4.78 is 61.7. The third-order valence-electron chi connectivity index (χ3n) is 21.1. The molecule has 0 aliphatic carbocycles. The maximum atomic E-state index is 13.1. The fourth-order valence-electron chi connectivity index (χ4n) is 13.6. The zero-order valence-electron chi connectivity index (χ0n) is 79.2. The van der Waals surface area contributed by atoms with Gasteiger partial charge in [-0.25, -0.2) is 9.13 Å². The summed E-state index contributed by atoms with van der Waals surface area (Å²) in [5.74, 6) is -1.57. The van der Waals surface area contributed by atoms with E-state index in [1.807, 2.05) is 0 Å². The molecule has 716 valence electrons. The van der Waals surface area contributed by atoms with Crippen molar-refractivity contribution in [2.24, 2.45) is 0 Å². The summed E-state index contributed by atoms with van der Waals surface area (Å²) in [5, 5.41) is 20.8. The Hall–Kier alpha value is -5.35. The Bertz CT molecular complexity index is 3000. The highest BCUT2D eigenvalue weighted by Crippen LogP contribution is 2.45. The summed E-state index contributed by atoms with van der Waals surface area (Å²) in [6.07, 6.45) is 129. The van der Waals surface area contributed by atoms with Gasteiger partial charge in [0.15, 0.2) is 6.10 Å². The average molecular weight is 1790 g/mol. The van der Waals surface area contributed by atoms with Crippen LogP contribution in [0.1, 0.15) is 419 Å². The van der Waals surface area contributed by atoms with E-state index in [1.54, 1.807) is 0 Å². The van der Waals surface area contributed by atoms with Crippen LogP contribution in [0.3, 0.4) is 0 Å². The lowest BCUT2D eigenvalue weighted by Crippen LogP contribution is -2.30. The van der Waals surface area contributed by atoms with Crippen LogP contribution in [0.5, 0.6) is 0 Å². The molecule has 0 rings (SSSR count). The van der Waals surface area contributed by atoms with E-state index >= 15 is 0 Å². The van der Waals surface area contributed by atoms with Gasteiger partial charge in [-0.15, -0.1) is 0 Å². The summed E-state index contributed by atoms with van der Waals surface area (Å²) in [6, 6.07) is 0. The molecular formula is C107H182O16P2. The molecule has 0 aliphatic rings. The van der Waals surface area contributed by atoms with Crippen LogP contribution in [0.2, 0.25) is 0 Å². The normalized spacial score (nSPS) is 14.5. The van der Waals surface area contributed by atoms with Crippen molar-refractivity contribution in [3.05, 3.63) is 182 Å². The number of hydrogen-bond acceptors (Lipinski definition) is 14. The molecule has 4 N–H and O–H groups in total.